The van der Waals surface area contributed by atoms with Crippen LogP contribution in [0.2, 0.25) is 0 Å². The number of piperidine rings is 1. The number of amides is 1. The first-order valence-corrected chi connectivity index (χ1v) is 8.68. The first-order valence-electron chi connectivity index (χ1n) is 7.76. The Hall–Kier alpha value is -0.910. The van der Waals surface area contributed by atoms with Gasteiger partial charge in [0.05, 0.1) is 11.6 Å². The first kappa shape index (κ1) is 13.7. The van der Waals surface area contributed by atoms with E-state index in [0.29, 0.717) is 16.8 Å². The van der Waals surface area contributed by atoms with Crippen molar-refractivity contribution in [2.75, 3.05) is 11.6 Å². The maximum Gasteiger partial charge on any atom is 0.247 e. The van der Waals surface area contributed by atoms with Crippen molar-refractivity contribution in [2.45, 2.75) is 36.2 Å². The number of alkyl halides is 1. The van der Waals surface area contributed by atoms with Gasteiger partial charge in [0.1, 0.15) is 0 Å². The third-order valence-corrected chi connectivity index (χ3v) is 5.99. The maximum absolute atomic E-state index is 12.7. The molecule has 3 aliphatic rings. The van der Waals surface area contributed by atoms with Crippen molar-refractivity contribution in [3.63, 3.8) is 0 Å². The molecule has 1 aromatic rings. The van der Waals surface area contributed by atoms with E-state index in [1.807, 2.05) is 30.3 Å². The summed E-state index contributed by atoms with van der Waals surface area (Å²) in [5.41, 5.74) is 4.45. The lowest BCUT2D eigenvalue weighted by Gasteiger charge is -2.43. The molecule has 0 spiro atoms. The Balaban J connectivity index is 1.60. The molecule has 2 heterocycles. The zero-order valence-corrected chi connectivity index (χ0v) is 13.4. The summed E-state index contributed by atoms with van der Waals surface area (Å²) < 4.78 is 0. The Morgan fingerprint density at radius 3 is 2.81 bits per heavy atom. The molecule has 4 rings (SSSR count). The number of hydrogen-bond acceptors (Lipinski definition) is 3. The summed E-state index contributed by atoms with van der Waals surface area (Å²) in [5.74, 6) is 0.789. The number of hydrazine groups is 1. The predicted molar refractivity (Wildman–Crippen MR) is 86.2 cm³/mol. The van der Waals surface area contributed by atoms with Gasteiger partial charge in [-0.1, -0.05) is 34.1 Å². The lowest BCUT2D eigenvalue weighted by Crippen LogP contribution is -2.58. The SMILES string of the molecule is O=C1C2CNC3CCC(Br)CC3C2NN1c1ccccc1. The molecule has 5 atom stereocenters. The van der Waals surface area contributed by atoms with Crippen molar-refractivity contribution in [1.82, 2.24) is 10.7 Å². The van der Waals surface area contributed by atoms with Crippen LogP contribution in [0.25, 0.3) is 0 Å². The number of benzene rings is 1. The van der Waals surface area contributed by atoms with E-state index in [2.05, 4.69) is 26.7 Å². The topological polar surface area (TPSA) is 44.4 Å². The number of nitrogens with zero attached hydrogens (tertiary/aromatic N) is 1. The van der Waals surface area contributed by atoms with Crippen LogP contribution in [0, 0.1) is 11.8 Å². The van der Waals surface area contributed by atoms with Crippen LogP contribution in [0.3, 0.4) is 0 Å². The normalized spacial score (nSPS) is 39.0. The summed E-state index contributed by atoms with van der Waals surface area (Å²) in [6.07, 6.45) is 3.56. The summed E-state index contributed by atoms with van der Waals surface area (Å²) in [5, 5.41) is 5.37. The molecule has 4 nitrogen and oxygen atoms in total. The van der Waals surface area contributed by atoms with Crippen LogP contribution in [-0.2, 0) is 4.79 Å². The number of carbonyl (C=O) groups is 1. The number of halogens is 1. The molecule has 3 fully saturated rings. The van der Waals surface area contributed by atoms with Crippen LogP contribution < -0.4 is 15.8 Å². The van der Waals surface area contributed by atoms with Gasteiger partial charge in [0.25, 0.3) is 0 Å². The number of anilines is 1. The van der Waals surface area contributed by atoms with E-state index in [9.17, 15) is 4.79 Å². The Bertz CT molecular complexity index is 538. The second kappa shape index (κ2) is 5.38. The maximum atomic E-state index is 12.7. The molecule has 2 aliphatic heterocycles. The van der Waals surface area contributed by atoms with E-state index in [1.54, 1.807) is 5.01 Å². The number of hydrogen-bond donors (Lipinski definition) is 2. The molecule has 2 saturated heterocycles. The van der Waals surface area contributed by atoms with Gasteiger partial charge < -0.3 is 5.32 Å². The monoisotopic (exact) mass is 349 g/mol. The van der Waals surface area contributed by atoms with Crippen molar-refractivity contribution >= 4 is 27.5 Å². The predicted octanol–water partition coefficient (Wildman–Crippen LogP) is 2.06. The molecule has 0 radical (unpaired) electrons. The third-order valence-electron chi connectivity index (χ3n) is 5.16. The summed E-state index contributed by atoms with van der Waals surface area (Å²) in [6.45, 7) is 0.800. The Morgan fingerprint density at radius 1 is 1.19 bits per heavy atom. The van der Waals surface area contributed by atoms with Crippen molar-refractivity contribution in [3.8, 4) is 0 Å². The van der Waals surface area contributed by atoms with E-state index in [-0.39, 0.29) is 17.9 Å². The highest BCUT2D eigenvalue weighted by atomic mass is 79.9. The summed E-state index contributed by atoms with van der Waals surface area (Å²) in [6, 6.07) is 10.7. The van der Waals surface area contributed by atoms with E-state index in [4.69, 9.17) is 0 Å². The van der Waals surface area contributed by atoms with Crippen molar-refractivity contribution in [3.05, 3.63) is 30.3 Å². The number of rotatable bonds is 1. The fourth-order valence-corrected chi connectivity index (χ4v) is 4.79. The van der Waals surface area contributed by atoms with Crippen LogP contribution in [0.15, 0.2) is 30.3 Å². The molecule has 0 aromatic heterocycles. The fraction of sp³-hybridized carbons (Fsp3) is 0.562. The lowest BCUT2D eigenvalue weighted by atomic mass is 9.73. The average molecular weight is 350 g/mol. The molecule has 1 aliphatic carbocycles. The molecular formula is C16H20BrN3O. The second-order valence-electron chi connectivity index (χ2n) is 6.36. The molecule has 0 bridgehead atoms. The standard InChI is InChI=1S/C16H20BrN3O/c17-10-6-7-14-12(8-10)15-13(9-18-14)16(21)20(19-15)11-4-2-1-3-5-11/h1-5,10,12-15,18-19H,6-9H2. The molecule has 1 amide bonds. The Labute approximate surface area is 133 Å². The van der Waals surface area contributed by atoms with Crippen LogP contribution in [0.4, 0.5) is 5.69 Å². The van der Waals surface area contributed by atoms with Gasteiger partial charge >= 0.3 is 0 Å². The zero-order chi connectivity index (χ0) is 14.4. The molecule has 1 saturated carbocycles. The second-order valence-corrected chi connectivity index (χ2v) is 7.65. The van der Waals surface area contributed by atoms with Crippen LogP contribution in [0.5, 0.6) is 0 Å². The van der Waals surface area contributed by atoms with Crippen molar-refractivity contribution < 1.29 is 4.79 Å². The minimum absolute atomic E-state index is 0.0595. The van der Waals surface area contributed by atoms with E-state index in [0.717, 1.165) is 18.7 Å². The largest absolute Gasteiger partial charge is 0.313 e. The highest BCUT2D eigenvalue weighted by molar-refractivity contribution is 9.09. The van der Waals surface area contributed by atoms with Gasteiger partial charge in [0, 0.05) is 23.5 Å². The molecule has 21 heavy (non-hydrogen) atoms. The van der Waals surface area contributed by atoms with Gasteiger partial charge in [-0.05, 0) is 37.3 Å². The summed E-state index contributed by atoms with van der Waals surface area (Å²) >= 11 is 3.77. The lowest BCUT2D eigenvalue weighted by molar-refractivity contribution is -0.121. The van der Waals surface area contributed by atoms with Gasteiger partial charge in [0.15, 0.2) is 0 Å². The highest BCUT2D eigenvalue weighted by Gasteiger charge is 2.50. The van der Waals surface area contributed by atoms with Gasteiger partial charge in [-0.2, -0.15) is 0 Å². The molecule has 5 unspecified atom stereocenters. The summed E-state index contributed by atoms with van der Waals surface area (Å²) in [4.78, 5) is 13.3. The van der Waals surface area contributed by atoms with Crippen LogP contribution in [0.1, 0.15) is 19.3 Å². The highest BCUT2D eigenvalue weighted by Crippen LogP contribution is 2.39. The molecular weight excluding hydrogens is 330 g/mol. The molecule has 112 valence electrons. The Morgan fingerprint density at radius 2 is 2.00 bits per heavy atom. The first-order chi connectivity index (χ1) is 10.2. The summed E-state index contributed by atoms with van der Waals surface area (Å²) in [7, 11) is 0. The smallest absolute Gasteiger partial charge is 0.247 e. The minimum Gasteiger partial charge on any atom is -0.313 e. The quantitative estimate of drug-likeness (QED) is 0.762. The van der Waals surface area contributed by atoms with Gasteiger partial charge in [-0.3, -0.25) is 4.79 Å². The Kier molecular flexibility index (Phi) is 3.52. The van der Waals surface area contributed by atoms with Gasteiger partial charge in [0.2, 0.25) is 5.91 Å². The molecule has 1 aromatic carbocycles. The van der Waals surface area contributed by atoms with E-state index < -0.39 is 0 Å². The molecule has 2 N–H and O–H groups in total. The third kappa shape index (κ3) is 2.31. The van der Waals surface area contributed by atoms with Crippen LogP contribution >= 0.6 is 15.9 Å². The number of fused-ring (bicyclic) bond motifs is 3. The van der Waals surface area contributed by atoms with Crippen molar-refractivity contribution in [1.29, 1.82) is 0 Å². The van der Waals surface area contributed by atoms with E-state index in [1.165, 1.54) is 12.8 Å². The number of carbonyl (C=O) groups excluding carboxylic acids is 1. The van der Waals surface area contributed by atoms with Crippen LogP contribution in [-0.4, -0.2) is 29.4 Å². The molecule has 5 heteroatoms. The number of para-hydroxylation sites is 1. The zero-order valence-electron chi connectivity index (χ0n) is 11.8. The van der Waals surface area contributed by atoms with Gasteiger partial charge in [-0.25, -0.2) is 10.4 Å². The minimum atomic E-state index is 0.0595. The fourth-order valence-electron chi connectivity index (χ4n) is 4.09. The average Bonchev–Trinajstić information content (AvgIpc) is 2.86. The number of nitrogens with one attached hydrogen (secondary N) is 2. The van der Waals surface area contributed by atoms with Gasteiger partial charge in [-0.15, -0.1) is 0 Å². The van der Waals surface area contributed by atoms with E-state index >= 15 is 0 Å². The van der Waals surface area contributed by atoms with Crippen molar-refractivity contribution in [2.24, 2.45) is 11.8 Å².